The number of hydrogen-bond acceptors (Lipinski definition) is 2. The molecule has 0 aliphatic carbocycles. The van der Waals surface area contributed by atoms with Crippen molar-refractivity contribution in [1.82, 2.24) is 9.78 Å². The third-order valence-electron chi connectivity index (χ3n) is 2.19. The van der Waals surface area contributed by atoms with E-state index in [2.05, 4.69) is 5.10 Å². The average molecular weight is 240 g/mol. The van der Waals surface area contributed by atoms with Crippen LogP contribution in [0, 0.1) is 17.5 Å². The van der Waals surface area contributed by atoms with Gasteiger partial charge in [0.05, 0.1) is 0 Å². The monoisotopic (exact) mass is 240 g/mol. The van der Waals surface area contributed by atoms with Crippen LogP contribution in [0.25, 0.3) is 0 Å². The molecule has 0 N–H and O–H groups in total. The zero-order chi connectivity index (χ0) is 12.6. The van der Waals surface area contributed by atoms with Gasteiger partial charge in [0.2, 0.25) is 5.78 Å². The summed E-state index contributed by atoms with van der Waals surface area (Å²) in [5.74, 6) is -5.06. The number of carbonyl (C=O) groups is 1. The predicted octanol–water partition coefficient (Wildman–Crippen LogP) is 2.07. The molecule has 0 bridgehead atoms. The van der Waals surface area contributed by atoms with E-state index in [-0.39, 0.29) is 11.3 Å². The maximum Gasteiger partial charge on any atom is 0.213 e. The molecule has 1 aromatic heterocycles. The Labute approximate surface area is 94.5 Å². The third kappa shape index (κ3) is 2.06. The van der Waals surface area contributed by atoms with E-state index in [0.717, 1.165) is 0 Å². The maximum atomic E-state index is 12.9. The minimum atomic E-state index is -1.59. The first-order valence-corrected chi connectivity index (χ1v) is 4.68. The normalized spacial score (nSPS) is 10.6. The highest BCUT2D eigenvalue weighted by atomic mass is 19.2. The molecule has 0 unspecified atom stereocenters. The Hall–Kier alpha value is -2.11. The van der Waals surface area contributed by atoms with Crippen LogP contribution in [-0.2, 0) is 7.05 Å². The van der Waals surface area contributed by atoms with Crippen LogP contribution in [0.2, 0.25) is 0 Å². The number of halogens is 3. The molecular formula is C11H7F3N2O. The topological polar surface area (TPSA) is 34.9 Å². The quantitative estimate of drug-likeness (QED) is 0.595. The Kier molecular flexibility index (Phi) is 2.71. The molecule has 1 aromatic carbocycles. The summed E-state index contributed by atoms with van der Waals surface area (Å²) >= 11 is 0. The smallest absolute Gasteiger partial charge is 0.213 e. The first-order chi connectivity index (χ1) is 7.99. The number of hydrogen-bond donors (Lipinski definition) is 0. The van der Waals surface area contributed by atoms with Crippen molar-refractivity contribution in [3.63, 3.8) is 0 Å². The number of aryl methyl sites for hydroxylation is 1. The predicted molar refractivity (Wildman–Crippen MR) is 53.0 cm³/mol. The Bertz CT molecular complexity index is 569. The summed E-state index contributed by atoms with van der Waals surface area (Å²) in [6, 6.07) is 2.70. The highest BCUT2D eigenvalue weighted by Gasteiger charge is 2.17. The molecule has 0 amide bonds. The van der Waals surface area contributed by atoms with Gasteiger partial charge in [-0.15, -0.1) is 0 Å². The standard InChI is InChI=1S/C11H7F3N2O/c1-16-3-2-9(15-16)11(17)6-4-7(12)10(14)8(13)5-6/h2-5H,1H3. The van der Waals surface area contributed by atoms with Crippen LogP contribution in [0.15, 0.2) is 24.4 Å². The molecule has 0 aliphatic rings. The van der Waals surface area contributed by atoms with Crippen molar-refractivity contribution in [2.75, 3.05) is 0 Å². The van der Waals surface area contributed by atoms with Gasteiger partial charge in [0.25, 0.3) is 0 Å². The number of aromatic nitrogens is 2. The van der Waals surface area contributed by atoms with Crippen molar-refractivity contribution in [2.45, 2.75) is 0 Å². The van der Waals surface area contributed by atoms with Crippen LogP contribution in [0.3, 0.4) is 0 Å². The summed E-state index contributed by atoms with van der Waals surface area (Å²) < 4.78 is 39.9. The van der Waals surface area contributed by atoms with Crippen LogP contribution in [0.1, 0.15) is 16.1 Å². The van der Waals surface area contributed by atoms with Gasteiger partial charge in [0, 0.05) is 18.8 Å². The lowest BCUT2D eigenvalue weighted by Gasteiger charge is -2.00. The SMILES string of the molecule is Cn1ccc(C(=O)c2cc(F)c(F)c(F)c2)n1. The van der Waals surface area contributed by atoms with Gasteiger partial charge in [-0.1, -0.05) is 0 Å². The van der Waals surface area contributed by atoms with Crippen molar-refractivity contribution in [3.8, 4) is 0 Å². The zero-order valence-electron chi connectivity index (χ0n) is 8.75. The van der Waals surface area contributed by atoms with E-state index >= 15 is 0 Å². The van der Waals surface area contributed by atoms with E-state index in [1.165, 1.54) is 16.9 Å². The Balaban J connectivity index is 2.44. The van der Waals surface area contributed by atoms with E-state index in [1.807, 2.05) is 0 Å². The largest absolute Gasteiger partial charge is 0.287 e. The number of carbonyl (C=O) groups excluding carboxylic acids is 1. The van der Waals surface area contributed by atoms with Gasteiger partial charge in [-0.2, -0.15) is 5.10 Å². The fourth-order valence-electron chi connectivity index (χ4n) is 1.37. The Morgan fingerprint density at radius 2 is 1.82 bits per heavy atom. The van der Waals surface area contributed by atoms with Gasteiger partial charge in [0.15, 0.2) is 17.5 Å². The van der Waals surface area contributed by atoms with Crippen molar-refractivity contribution in [2.24, 2.45) is 7.05 Å². The second kappa shape index (κ2) is 4.04. The molecule has 0 radical (unpaired) electrons. The molecule has 2 rings (SSSR count). The molecule has 2 aromatic rings. The summed E-state index contributed by atoms with van der Waals surface area (Å²) in [5.41, 5.74) is -0.238. The summed E-state index contributed by atoms with van der Waals surface area (Å²) in [6.07, 6.45) is 1.52. The number of nitrogens with zero attached hydrogens (tertiary/aromatic N) is 2. The van der Waals surface area contributed by atoms with Crippen molar-refractivity contribution >= 4 is 5.78 Å². The lowest BCUT2D eigenvalue weighted by Crippen LogP contribution is -2.06. The fourth-order valence-corrected chi connectivity index (χ4v) is 1.37. The molecule has 3 nitrogen and oxygen atoms in total. The van der Waals surface area contributed by atoms with Crippen molar-refractivity contribution in [1.29, 1.82) is 0 Å². The lowest BCUT2D eigenvalue weighted by atomic mass is 10.1. The molecule has 17 heavy (non-hydrogen) atoms. The molecule has 0 aliphatic heterocycles. The van der Waals surface area contributed by atoms with Gasteiger partial charge in [-0.3, -0.25) is 9.48 Å². The Morgan fingerprint density at radius 3 is 2.29 bits per heavy atom. The molecule has 0 saturated carbocycles. The number of ketones is 1. The summed E-state index contributed by atoms with van der Waals surface area (Å²) in [6.45, 7) is 0. The number of benzene rings is 1. The summed E-state index contributed by atoms with van der Waals surface area (Å²) in [4.78, 5) is 11.7. The molecule has 0 saturated heterocycles. The van der Waals surface area contributed by atoms with Crippen molar-refractivity contribution in [3.05, 3.63) is 53.1 Å². The van der Waals surface area contributed by atoms with Crippen LogP contribution >= 0.6 is 0 Å². The molecule has 88 valence electrons. The highest BCUT2D eigenvalue weighted by molar-refractivity contribution is 6.07. The van der Waals surface area contributed by atoms with E-state index in [4.69, 9.17) is 0 Å². The van der Waals surface area contributed by atoms with Gasteiger partial charge >= 0.3 is 0 Å². The maximum absolute atomic E-state index is 12.9. The third-order valence-corrected chi connectivity index (χ3v) is 2.19. The van der Waals surface area contributed by atoms with E-state index in [9.17, 15) is 18.0 Å². The lowest BCUT2D eigenvalue weighted by molar-refractivity contribution is 0.103. The van der Waals surface area contributed by atoms with Gasteiger partial charge in [-0.05, 0) is 18.2 Å². The van der Waals surface area contributed by atoms with Gasteiger partial charge in [-0.25, -0.2) is 13.2 Å². The second-order valence-electron chi connectivity index (χ2n) is 3.46. The minimum Gasteiger partial charge on any atom is -0.287 e. The molecule has 0 atom stereocenters. The highest BCUT2D eigenvalue weighted by Crippen LogP contribution is 2.16. The Morgan fingerprint density at radius 1 is 1.24 bits per heavy atom. The minimum absolute atomic E-state index is 0.0397. The molecule has 6 heteroatoms. The summed E-state index contributed by atoms with van der Waals surface area (Å²) in [5, 5.41) is 3.80. The molecular weight excluding hydrogens is 233 g/mol. The number of rotatable bonds is 2. The van der Waals surface area contributed by atoms with E-state index < -0.39 is 23.2 Å². The molecule has 0 spiro atoms. The van der Waals surface area contributed by atoms with Crippen LogP contribution in [0.4, 0.5) is 13.2 Å². The fraction of sp³-hybridized carbons (Fsp3) is 0.0909. The average Bonchev–Trinajstić information content (AvgIpc) is 2.71. The van der Waals surface area contributed by atoms with Crippen LogP contribution in [0.5, 0.6) is 0 Å². The molecule has 1 heterocycles. The molecule has 0 fully saturated rings. The van der Waals surface area contributed by atoms with Crippen molar-refractivity contribution < 1.29 is 18.0 Å². The second-order valence-corrected chi connectivity index (χ2v) is 3.46. The zero-order valence-corrected chi connectivity index (χ0v) is 8.75. The van der Waals surface area contributed by atoms with E-state index in [1.54, 1.807) is 7.05 Å². The van der Waals surface area contributed by atoms with E-state index in [0.29, 0.717) is 12.1 Å². The van der Waals surface area contributed by atoms with Gasteiger partial charge in [0.1, 0.15) is 5.69 Å². The van der Waals surface area contributed by atoms with Crippen LogP contribution < -0.4 is 0 Å². The first kappa shape index (κ1) is 11.4. The first-order valence-electron chi connectivity index (χ1n) is 4.68. The van der Waals surface area contributed by atoms with Crippen LogP contribution in [-0.4, -0.2) is 15.6 Å². The van der Waals surface area contributed by atoms with Gasteiger partial charge < -0.3 is 0 Å². The summed E-state index contributed by atoms with van der Waals surface area (Å²) in [7, 11) is 1.60.